The monoisotopic (exact) mass is 845 g/mol. The minimum Gasteiger partial charge on any atom is -0.501 e. The van der Waals surface area contributed by atoms with Crippen LogP contribution < -0.4 is 4.74 Å². The topological polar surface area (TPSA) is 35.0 Å². The summed E-state index contributed by atoms with van der Waals surface area (Å²) in [6.07, 6.45) is 7.30. The van der Waals surface area contributed by atoms with Crippen LogP contribution in [0.3, 0.4) is 0 Å². The maximum Gasteiger partial charge on any atom is 0.122 e. The van der Waals surface area contributed by atoms with Crippen molar-refractivity contribution in [2.45, 2.75) is 52.3 Å². The van der Waals surface area contributed by atoms with Gasteiger partial charge in [0.25, 0.3) is 0 Å². The second kappa shape index (κ2) is 14.8. The Hall–Kier alpha value is -4.89. The van der Waals surface area contributed by atoms with Crippen molar-refractivity contribution in [1.29, 1.82) is 0 Å². The molecule has 5 aromatic carbocycles. The summed E-state index contributed by atoms with van der Waals surface area (Å²) >= 11 is 0. The first kappa shape index (κ1) is 29.8. The molecule has 0 amide bonds. The number of pyridine rings is 2. The molecular formula is C47H40IrN2O-2. The molecule has 2 aromatic heterocycles. The first-order valence-electron chi connectivity index (χ1n) is 19.2. The minimum atomic E-state index is -2.09. The first-order chi connectivity index (χ1) is 26.0. The van der Waals surface area contributed by atoms with Crippen LogP contribution in [0.15, 0.2) is 134 Å². The SMILES string of the molecule is [2H]C([2H])([2H])c1ccc(-c2[c-]cccc2)nc1.[2H]C1(c2ccc(-c3ccnc(-c4[c-]ccc5c4Oc4cccc6cccc-5c46)c3)cc2)CCC(C)(C)CC1.[Ir]. The minimum absolute atomic E-state index is 0. The molecule has 0 spiro atoms. The maximum atomic E-state index is 9.11. The Morgan fingerprint density at radius 1 is 0.765 bits per heavy atom. The second-order valence-electron chi connectivity index (χ2n) is 13.8. The fourth-order valence-electron chi connectivity index (χ4n) is 6.99. The molecular weight excluding hydrogens is 801 g/mol. The van der Waals surface area contributed by atoms with Crippen molar-refractivity contribution in [1.82, 2.24) is 9.97 Å². The molecule has 4 heteroatoms. The standard InChI is InChI=1S/C35H30NO.C12H10N.Ir/c1-35(2)19-16-25(17-20-35)23-12-14-24(15-13-23)27-18-21-36-31(22-27)30-10-5-9-29-28-8-3-6-26-7-4-11-32(33(26)28)37-34(29)30;1-10-7-8-12(13-9-10)11-5-3-2-4-6-11;/h3-9,11-15,18,21-22,25H,16-17,19-20H2,1-2H3;2-5,7-9H,1H3;/q2*-1;/i25D;1D3;. The van der Waals surface area contributed by atoms with E-state index in [9.17, 15) is 0 Å². The smallest absolute Gasteiger partial charge is 0.122 e. The molecule has 1 fully saturated rings. The van der Waals surface area contributed by atoms with Gasteiger partial charge in [0.2, 0.25) is 0 Å². The van der Waals surface area contributed by atoms with E-state index < -0.39 is 12.7 Å². The molecule has 1 aliphatic heterocycles. The normalized spacial score (nSPS) is 16.4. The van der Waals surface area contributed by atoms with Gasteiger partial charge >= 0.3 is 0 Å². The Bertz CT molecular complexity index is 2430. The third-order valence-corrected chi connectivity index (χ3v) is 9.92. The molecule has 1 saturated carbocycles. The molecule has 0 saturated heterocycles. The molecule has 3 heterocycles. The summed E-state index contributed by atoms with van der Waals surface area (Å²) in [5.74, 6) is 1.19. The predicted octanol–water partition coefficient (Wildman–Crippen LogP) is 12.7. The van der Waals surface area contributed by atoms with Crippen molar-refractivity contribution in [3.05, 3.63) is 157 Å². The number of rotatable bonds is 4. The van der Waals surface area contributed by atoms with Crippen molar-refractivity contribution in [2.75, 3.05) is 0 Å². The van der Waals surface area contributed by atoms with Gasteiger partial charge < -0.3 is 14.7 Å². The zero-order valence-corrected chi connectivity index (χ0v) is 31.1. The third-order valence-electron chi connectivity index (χ3n) is 9.92. The van der Waals surface area contributed by atoms with Gasteiger partial charge in [-0.2, -0.15) is 0 Å². The van der Waals surface area contributed by atoms with Crippen molar-refractivity contribution in [3.63, 3.8) is 0 Å². The largest absolute Gasteiger partial charge is 0.501 e. The van der Waals surface area contributed by atoms with Gasteiger partial charge in [0, 0.05) is 43.4 Å². The van der Waals surface area contributed by atoms with E-state index in [4.69, 9.17) is 15.2 Å². The fourth-order valence-corrected chi connectivity index (χ4v) is 6.99. The van der Waals surface area contributed by atoms with E-state index in [1.165, 1.54) is 17.1 Å². The van der Waals surface area contributed by atoms with Gasteiger partial charge in [-0.15, -0.1) is 54.1 Å². The number of aryl methyl sites for hydroxylation is 1. The summed E-state index contributed by atoms with van der Waals surface area (Å²) in [5.41, 5.74) is 9.48. The molecule has 255 valence electrons. The number of aromatic nitrogens is 2. The summed E-state index contributed by atoms with van der Waals surface area (Å²) in [4.78, 5) is 8.85. The summed E-state index contributed by atoms with van der Waals surface area (Å²) in [7, 11) is 0. The summed E-state index contributed by atoms with van der Waals surface area (Å²) in [6, 6.07) is 46.6. The Morgan fingerprint density at radius 3 is 2.33 bits per heavy atom. The van der Waals surface area contributed by atoms with Gasteiger partial charge in [-0.3, -0.25) is 0 Å². The Kier molecular flexibility index (Phi) is 8.63. The van der Waals surface area contributed by atoms with Crippen LogP contribution in [-0.2, 0) is 20.1 Å². The summed E-state index contributed by atoms with van der Waals surface area (Å²) in [6.45, 7) is 2.55. The predicted molar refractivity (Wildman–Crippen MR) is 205 cm³/mol. The zero-order valence-electron chi connectivity index (χ0n) is 32.7. The zero-order chi connectivity index (χ0) is 37.5. The maximum absolute atomic E-state index is 9.11. The average molecular weight is 845 g/mol. The fraction of sp³-hybridized carbons (Fsp3) is 0.191. The van der Waals surface area contributed by atoms with E-state index in [0.717, 1.165) is 87.3 Å². The van der Waals surface area contributed by atoms with E-state index in [2.05, 4.69) is 91.6 Å². The molecule has 1 radical (unpaired) electrons. The summed E-state index contributed by atoms with van der Waals surface area (Å²) in [5, 5.41) is 2.32. The van der Waals surface area contributed by atoms with Crippen LogP contribution >= 0.6 is 0 Å². The molecule has 0 atom stereocenters. The van der Waals surface area contributed by atoms with Crippen LogP contribution in [0, 0.1) is 24.4 Å². The van der Waals surface area contributed by atoms with E-state index in [1.807, 2.05) is 48.7 Å². The van der Waals surface area contributed by atoms with Crippen LogP contribution in [0.2, 0.25) is 0 Å². The van der Waals surface area contributed by atoms with E-state index >= 15 is 0 Å². The van der Waals surface area contributed by atoms with Gasteiger partial charge in [-0.25, -0.2) is 0 Å². The summed E-state index contributed by atoms with van der Waals surface area (Å²) < 4.78 is 37.3. The quantitative estimate of drug-likeness (QED) is 0.166. The van der Waals surface area contributed by atoms with Crippen molar-refractivity contribution < 1.29 is 30.3 Å². The van der Waals surface area contributed by atoms with Crippen LogP contribution in [0.25, 0.3) is 55.5 Å². The van der Waals surface area contributed by atoms with Crippen LogP contribution in [0.4, 0.5) is 0 Å². The van der Waals surface area contributed by atoms with Gasteiger partial charge in [0.1, 0.15) is 5.75 Å². The van der Waals surface area contributed by atoms with E-state index in [0.29, 0.717) is 5.41 Å². The molecule has 7 aromatic rings. The van der Waals surface area contributed by atoms with Crippen LogP contribution in [0.1, 0.15) is 62.0 Å². The number of nitrogens with zero attached hydrogens (tertiary/aromatic N) is 2. The molecule has 1 aliphatic carbocycles. The second-order valence-corrected chi connectivity index (χ2v) is 13.8. The molecule has 9 rings (SSSR count). The number of hydrogen-bond donors (Lipinski definition) is 0. The molecule has 0 unspecified atom stereocenters. The number of fused-ring (bicyclic) bond motifs is 2. The van der Waals surface area contributed by atoms with Gasteiger partial charge in [-0.1, -0.05) is 97.8 Å². The molecule has 3 nitrogen and oxygen atoms in total. The van der Waals surface area contributed by atoms with Crippen LogP contribution in [-0.4, -0.2) is 9.97 Å². The molecule has 0 bridgehead atoms. The van der Waals surface area contributed by atoms with Gasteiger partial charge in [0.05, 0.1) is 5.75 Å². The van der Waals surface area contributed by atoms with Gasteiger partial charge in [0.15, 0.2) is 0 Å². The first-order valence-corrected chi connectivity index (χ1v) is 17.2. The number of hydrogen-bond acceptors (Lipinski definition) is 3. The third kappa shape index (κ3) is 7.31. The van der Waals surface area contributed by atoms with E-state index in [1.54, 1.807) is 18.2 Å². The van der Waals surface area contributed by atoms with Crippen LogP contribution in [0.5, 0.6) is 11.5 Å². The van der Waals surface area contributed by atoms with E-state index in [-0.39, 0.29) is 25.7 Å². The molecule has 51 heavy (non-hydrogen) atoms. The average Bonchev–Trinajstić information content (AvgIpc) is 3.20. The number of benzene rings is 5. The van der Waals surface area contributed by atoms with Gasteiger partial charge in [-0.05, 0) is 101 Å². The Balaban J connectivity index is 0.000000231. The van der Waals surface area contributed by atoms with Crippen molar-refractivity contribution >= 4 is 10.8 Å². The Labute approximate surface area is 320 Å². The Morgan fingerprint density at radius 2 is 1.59 bits per heavy atom. The molecule has 2 aliphatic rings. The van der Waals surface area contributed by atoms with Crippen molar-refractivity contribution in [3.8, 4) is 56.3 Å². The van der Waals surface area contributed by atoms with Crippen molar-refractivity contribution in [2.24, 2.45) is 5.41 Å². The number of ether oxygens (including phenoxy) is 1. The molecule has 0 N–H and O–H groups in total.